The zero-order valence-electron chi connectivity index (χ0n) is 3.31. The number of nitrogens with zero attached hydrogens (tertiary/aromatic N) is 1. The second-order valence-corrected chi connectivity index (χ2v) is 0.605. The third-order valence-corrected chi connectivity index (χ3v) is 0.237. The summed E-state index contributed by atoms with van der Waals surface area (Å²) in [5, 5.41) is 11.1. The summed E-state index contributed by atoms with van der Waals surface area (Å²) in [5.41, 5.74) is 4.49. The van der Waals surface area contributed by atoms with Crippen LogP contribution in [0.5, 0.6) is 0 Å². The van der Waals surface area contributed by atoms with E-state index in [-0.39, 0.29) is 6.73 Å². The summed E-state index contributed by atoms with van der Waals surface area (Å²) in [6, 6.07) is 0. The lowest BCUT2D eigenvalue weighted by molar-refractivity contribution is 0.240. The van der Waals surface area contributed by atoms with E-state index in [0.29, 0.717) is 0 Å². The molecule has 3 N–H and O–H groups in total. The van der Waals surface area contributed by atoms with Gasteiger partial charge in [-0.15, -0.1) is 0 Å². The normalized spacial score (nSPS) is 7.50. The molecule has 36 valence electrons. The molecule has 4 nitrogen and oxygen atoms in total. The lowest BCUT2D eigenvalue weighted by atomic mass is 11.3. The van der Waals surface area contributed by atoms with Gasteiger partial charge in [0, 0.05) is 6.72 Å². The molecule has 4 heteroatoms. The van der Waals surface area contributed by atoms with Gasteiger partial charge in [-0.1, -0.05) is 0 Å². The summed E-state index contributed by atoms with van der Waals surface area (Å²) in [6.45, 7) is 2.92. The number of hydrazine groups is 1. The fraction of sp³-hybridized carbons (Fsp3) is 0.500. The number of hydrazone groups is 1. The maximum Gasteiger partial charge on any atom is 0.111 e. The number of nitrogens with one attached hydrogen (secondary N) is 2. The Balaban J connectivity index is 2.49. The van der Waals surface area contributed by atoms with Crippen LogP contribution < -0.4 is 11.0 Å². The average molecular weight is 89.1 g/mol. The quantitative estimate of drug-likeness (QED) is 0.173. The Morgan fingerprint density at radius 2 is 2.50 bits per heavy atom. The summed E-state index contributed by atoms with van der Waals surface area (Å²) >= 11 is 0. The molecule has 0 heterocycles. The van der Waals surface area contributed by atoms with Crippen molar-refractivity contribution in [2.75, 3.05) is 6.73 Å². The second-order valence-electron chi connectivity index (χ2n) is 0.605. The van der Waals surface area contributed by atoms with Crippen molar-refractivity contribution >= 4 is 6.72 Å². The van der Waals surface area contributed by atoms with E-state index in [1.807, 2.05) is 0 Å². The first-order valence-electron chi connectivity index (χ1n) is 1.46. The number of hydrogen-bond donors (Lipinski definition) is 3. The Kier molecular flexibility index (Phi) is 3.94. The Bertz CT molecular complexity index is 37.8. The standard InChI is InChI=1S/C2H7N3O/c1-3-5-4-2-6/h4-6H,1-2H2. The lowest BCUT2D eigenvalue weighted by Crippen LogP contribution is -2.26. The topological polar surface area (TPSA) is 56.7 Å². The van der Waals surface area contributed by atoms with Crippen LogP contribution >= 0.6 is 0 Å². The zero-order chi connectivity index (χ0) is 4.83. The first kappa shape index (κ1) is 5.39. The molecule has 0 aromatic carbocycles. The van der Waals surface area contributed by atoms with Crippen molar-refractivity contribution in [2.45, 2.75) is 0 Å². The predicted molar refractivity (Wildman–Crippen MR) is 22.9 cm³/mol. The van der Waals surface area contributed by atoms with E-state index in [1.165, 1.54) is 0 Å². The fourth-order valence-electron chi connectivity index (χ4n) is 0.0913. The zero-order valence-corrected chi connectivity index (χ0v) is 3.31. The number of aliphatic hydroxyl groups excluding tert-OH is 1. The van der Waals surface area contributed by atoms with Gasteiger partial charge in [-0.3, -0.25) is 0 Å². The van der Waals surface area contributed by atoms with Crippen LogP contribution in [0.4, 0.5) is 0 Å². The minimum Gasteiger partial charge on any atom is -0.380 e. The van der Waals surface area contributed by atoms with Crippen LogP contribution in [0.25, 0.3) is 0 Å². The first-order chi connectivity index (χ1) is 2.91. The number of hydrogen-bond acceptors (Lipinski definition) is 4. The van der Waals surface area contributed by atoms with Gasteiger partial charge in [0.05, 0.1) is 0 Å². The van der Waals surface area contributed by atoms with E-state index in [9.17, 15) is 0 Å². The molecular weight excluding hydrogens is 82.0 g/mol. The Morgan fingerprint density at radius 1 is 1.83 bits per heavy atom. The van der Waals surface area contributed by atoms with Gasteiger partial charge in [-0.25, -0.2) is 5.53 Å². The summed E-state index contributed by atoms with van der Waals surface area (Å²) in [7, 11) is 0. The van der Waals surface area contributed by atoms with Crippen LogP contribution in [-0.2, 0) is 0 Å². The summed E-state index contributed by atoms with van der Waals surface area (Å²) in [5.74, 6) is 0. The molecule has 6 heavy (non-hydrogen) atoms. The van der Waals surface area contributed by atoms with Gasteiger partial charge in [0.25, 0.3) is 0 Å². The van der Waals surface area contributed by atoms with Gasteiger partial charge >= 0.3 is 0 Å². The van der Waals surface area contributed by atoms with Crippen molar-refractivity contribution in [1.29, 1.82) is 0 Å². The van der Waals surface area contributed by atoms with E-state index in [2.05, 4.69) is 22.8 Å². The van der Waals surface area contributed by atoms with E-state index in [1.54, 1.807) is 0 Å². The van der Waals surface area contributed by atoms with E-state index >= 15 is 0 Å². The fourth-order valence-corrected chi connectivity index (χ4v) is 0.0913. The third-order valence-electron chi connectivity index (χ3n) is 0.237. The first-order valence-corrected chi connectivity index (χ1v) is 1.46. The maximum atomic E-state index is 7.94. The van der Waals surface area contributed by atoms with Crippen molar-refractivity contribution in [1.82, 2.24) is 11.0 Å². The SMILES string of the molecule is C=NNNCO. The molecule has 0 bridgehead atoms. The molecule has 0 spiro atoms. The molecule has 0 atom stereocenters. The molecular formula is C2H7N3O. The molecule has 0 aliphatic rings. The van der Waals surface area contributed by atoms with Gasteiger partial charge in [-0.2, -0.15) is 10.5 Å². The number of aliphatic hydroxyl groups is 1. The molecule has 0 radical (unpaired) electrons. The smallest absolute Gasteiger partial charge is 0.111 e. The molecule has 0 aliphatic heterocycles. The van der Waals surface area contributed by atoms with Gasteiger partial charge in [-0.05, 0) is 0 Å². The van der Waals surface area contributed by atoms with Crippen LogP contribution in [-0.4, -0.2) is 18.6 Å². The monoisotopic (exact) mass is 89.1 g/mol. The minimum atomic E-state index is -0.140. The molecule has 0 aromatic rings. The summed E-state index contributed by atoms with van der Waals surface area (Å²) in [4.78, 5) is 0. The van der Waals surface area contributed by atoms with Crippen molar-refractivity contribution < 1.29 is 5.11 Å². The molecule has 0 fully saturated rings. The lowest BCUT2D eigenvalue weighted by Gasteiger charge is -1.92. The summed E-state index contributed by atoms with van der Waals surface area (Å²) in [6.07, 6.45) is 0. The van der Waals surface area contributed by atoms with Crippen LogP contribution in [0.15, 0.2) is 5.10 Å². The Morgan fingerprint density at radius 3 is 2.67 bits per heavy atom. The van der Waals surface area contributed by atoms with Crippen LogP contribution in [0, 0.1) is 0 Å². The molecule has 0 amide bonds. The van der Waals surface area contributed by atoms with Crippen LogP contribution in [0.1, 0.15) is 0 Å². The average Bonchev–Trinajstić information content (AvgIpc) is 1.61. The number of rotatable bonds is 3. The van der Waals surface area contributed by atoms with Gasteiger partial charge in [0.1, 0.15) is 6.73 Å². The van der Waals surface area contributed by atoms with Crippen LogP contribution in [0.3, 0.4) is 0 Å². The van der Waals surface area contributed by atoms with Crippen molar-refractivity contribution in [2.24, 2.45) is 5.10 Å². The Labute approximate surface area is 35.8 Å². The Hall–Kier alpha value is -0.610. The molecule has 0 unspecified atom stereocenters. The van der Waals surface area contributed by atoms with Gasteiger partial charge < -0.3 is 5.11 Å². The molecule has 0 saturated heterocycles. The molecule has 0 aromatic heterocycles. The van der Waals surface area contributed by atoms with E-state index < -0.39 is 0 Å². The minimum absolute atomic E-state index is 0.140. The predicted octanol–water partition coefficient (Wildman–Crippen LogP) is -1.35. The third kappa shape index (κ3) is 3.39. The largest absolute Gasteiger partial charge is 0.380 e. The highest BCUT2D eigenvalue weighted by atomic mass is 16.3. The van der Waals surface area contributed by atoms with Gasteiger partial charge in [0.2, 0.25) is 0 Å². The van der Waals surface area contributed by atoms with E-state index in [4.69, 9.17) is 5.11 Å². The molecule has 0 saturated carbocycles. The van der Waals surface area contributed by atoms with Crippen LogP contribution in [0.2, 0.25) is 0 Å². The molecule has 0 aliphatic carbocycles. The highest BCUT2D eigenvalue weighted by molar-refractivity contribution is 5.21. The van der Waals surface area contributed by atoms with Crippen molar-refractivity contribution in [3.8, 4) is 0 Å². The summed E-state index contributed by atoms with van der Waals surface area (Å²) < 4.78 is 0. The van der Waals surface area contributed by atoms with Gasteiger partial charge in [0.15, 0.2) is 0 Å². The van der Waals surface area contributed by atoms with Crippen molar-refractivity contribution in [3.05, 3.63) is 0 Å². The van der Waals surface area contributed by atoms with Crippen molar-refractivity contribution in [3.63, 3.8) is 0 Å². The highest BCUT2D eigenvalue weighted by Crippen LogP contribution is 1.37. The molecule has 0 rings (SSSR count). The second kappa shape index (κ2) is 4.39. The van der Waals surface area contributed by atoms with E-state index in [0.717, 1.165) is 0 Å². The maximum absolute atomic E-state index is 7.94. The highest BCUT2D eigenvalue weighted by Gasteiger charge is 1.63.